The zero-order valence-corrected chi connectivity index (χ0v) is 13.6. The summed E-state index contributed by atoms with van der Waals surface area (Å²) >= 11 is 1.63. The topological polar surface area (TPSA) is 47.6 Å². The van der Waals surface area contributed by atoms with Crippen molar-refractivity contribution >= 4 is 23.4 Å². The molecule has 1 amide bonds. The summed E-state index contributed by atoms with van der Waals surface area (Å²) in [5.41, 5.74) is 0.757. The van der Waals surface area contributed by atoms with Crippen molar-refractivity contribution in [3.8, 4) is 11.5 Å². The smallest absolute Gasteiger partial charge is 0.265 e. The van der Waals surface area contributed by atoms with Crippen molar-refractivity contribution < 1.29 is 14.3 Å². The largest absolute Gasteiger partial charge is 0.493 e. The van der Waals surface area contributed by atoms with Gasteiger partial charge in [-0.05, 0) is 43.5 Å². The van der Waals surface area contributed by atoms with Gasteiger partial charge in [-0.3, -0.25) is 4.79 Å². The summed E-state index contributed by atoms with van der Waals surface area (Å²) in [5.74, 6) is 0.946. The molecule has 0 bridgehead atoms. The molecular weight excluding hydrogens is 298 g/mol. The number of thioether (sulfide) groups is 1. The van der Waals surface area contributed by atoms with Gasteiger partial charge in [-0.2, -0.15) is 0 Å². The lowest BCUT2D eigenvalue weighted by atomic mass is 10.3. The zero-order chi connectivity index (χ0) is 15.9. The molecule has 0 saturated carbocycles. The third-order valence-electron chi connectivity index (χ3n) is 3.08. The average molecular weight is 317 g/mol. The third kappa shape index (κ3) is 4.18. The number of rotatable bonds is 6. The van der Waals surface area contributed by atoms with Gasteiger partial charge in [-0.15, -0.1) is 11.8 Å². The van der Waals surface area contributed by atoms with Crippen LogP contribution in [-0.4, -0.2) is 25.4 Å². The molecule has 2 aromatic carbocycles. The number of ether oxygens (including phenoxy) is 2. The Hall–Kier alpha value is -2.14. The van der Waals surface area contributed by atoms with E-state index < -0.39 is 6.10 Å². The first-order chi connectivity index (χ1) is 10.6. The van der Waals surface area contributed by atoms with E-state index in [1.165, 1.54) is 0 Å². The van der Waals surface area contributed by atoms with Crippen LogP contribution < -0.4 is 14.8 Å². The molecule has 0 fully saturated rings. The van der Waals surface area contributed by atoms with Crippen molar-refractivity contribution in [3.63, 3.8) is 0 Å². The summed E-state index contributed by atoms with van der Waals surface area (Å²) in [4.78, 5) is 13.3. The molecular formula is C17H19NO3S. The molecule has 0 aromatic heterocycles. The van der Waals surface area contributed by atoms with Crippen molar-refractivity contribution in [2.45, 2.75) is 17.9 Å². The number of carbonyl (C=O) groups is 1. The molecule has 0 saturated heterocycles. The Kier molecular flexibility index (Phi) is 5.72. The lowest BCUT2D eigenvalue weighted by Crippen LogP contribution is -2.30. The number of hydrogen-bond donors (Lipinski definition) is 1. The second-order valence-electron chi connectivity index (χ2n) is 4.63. The van der Waals surface area contributed by atoms with E-state index in [9.17, 15) is 4.79 Å². The molecule has 0 aliphatic heterocycles. The molecule has 22 heavy (non-hydrogen) atoms. The molecule has 2 aromatic rings. The quantitative estimate of drug-likeness (QED) is 0.823. The predicted molar refractivity (Wildman–Crippen MR) is 89.9 cm³/mol. The Morgan fingerprint density at radius 2 is 1.86 bits per heavy atom. The molecule has 5 heteroatoms. The van der Waals surface area contributed by atoms with Gasteiger partial charge in [0.15, 0.2) is 17.6 Å². The van der Waals surface area contributed by atoms with Gasteiger partial charge in [0.2, 0.25) is 0 Å². The van der Waals surface area contributed by atoms with Crippen LogP contribution in [0.2, 0.25) is 0 Å². The van der Waals surface area contributed by atoms with Crippen LogP contribution in [0.4, 0.5) is 5.69 Å². The fourth-order valence-corrected chi connectivity index (χ4v) is 2.36. The second-order valence-corrected chi connectivity index (χ2v) is 5.51. The number of nitrogens with one attached hydrogen (secondary N) is 1. The summed E-state index contributed by atoms with van der Waals surface area (Å²) in [5, 5.41) is 2.86. The minimum atomic E-state index is -0.630. The van der Waals surface area contributed by atoms with Gasteiger partial charge in [0.25, 0.3) is 5.91 Å². The van der Waals surface area contributed by atoms with Crippen LogP contribution in [-0.2, 0) is 4.79 Å². The van der Waals surface area contributed by atoms with Crippen molar-refractivity contribution in [2.24, 2.45) is 0 Å². The van der Waals surface area contributed by atoms with E-state index in [0.717, 1.165) is 10.6 Å². The monoisotopic (exact) mass is 317 g/mol. The molecule has 1 atom stereocenters. The van der Waals surface area contributed by atoms with E-state index in [4.69, 9.17) is 9.47 Å². The first kappa shape index (κ1) is 16.2. The van der Waals surface area contributed by atoms with Gasteiger partial charge in [-0.1, -0.05) is 18.2 Å². The highest BCUT2D eigenvalue weighted by Gasteiger charge is 2.16. The maximum Gasteiger partial charge on any atom is 0.265 e. The molecule has 0 radical (unpaired) electrons. The molecule has 0 spiro atoms. The minimum Gasteiger partial charge on any atom is -0.493 e. The second kappa shape index (κ2) is 7.75. The van der Waals surface area contributed by atoms with E-state index in [-0.39, 0.29) is 5.91 Å². The summed E-state index contributed by atoms with van der Waals surface area (Å²) < 4.78 is 10.9. The van der Waals surface area contributed by atoms with Crippen LogP contribution in [0.5, 0.6) is 11.5 Å². The van der Waals surface area contributed by atoms with Crippen LogP contribution >= 0.6 is 11.8 Å². The van der Waals surface area contributed by atoms with Gasteiger partial charge in [0.1, 0.15) is 0 Å². The fourth-order valence-electron chi connectivity index (χ4n) is 1.90. The van der Waals surface area contributed by atoms with Gasteiger partial charge in [-0.25, -0.2) is 0 Å². The third-order valence-corrected chi connectivity index (χ3v) is 3.80. The fraction of sp³-hybridized carbons (Fsp3) is 0.235. The standard InChI is InChI=1S/C17H19NO3S/c1-12(21-16-10-5-4-9-15(16)20-2)17(19)18-13-7-6-8-14(11-13)22-3/h4-12H,1-3H3,(H,18,19)/t12-/m1/s1. The van der Waals surface area contributed by atoms with Crippen LogP contribution in [0.3, 0.4) is 0 Å². The van der Waals surface area contributed by atoms with Crippen molar-refractivity contribution in [1.82, 2.24) is 0 Å². The van der Waals surface area contributed by atoms with Crippen LogP contribution in [0.15, 0.2) is 53.4 Å². The molecule has 116 valence electrons. The van der Waals surface area contributed by atoms with Crippen molar-refractivity contribution in [2.75, 3.05) is 18.7 Å². The summed E-state index contributed by atoms with van der Waals surface area (Å²) in [6.45, 7) is 1.71. The maximum atomic E-state index is 12.2. The maximum absolute atomic E-state index is 12.2. The van der Waals surface area contributed by atoms with E-state index in [2.05, 4.69) is 5.32 Å². The van der Waals surface area contributed by atoms with Crippen molar-refractivity contribution in [1.29, 1.82) is 0 Å². The van der Waals surface area contributed by atoms with Crippen LogP contribution in [0.25, 0.3) is 0 Å². The van der Waals surface area contributed by atoms with Gasteiger partial charge in [0.05, 0.1) is 7.11 Å². The number of amides is 1. The predicted octanol–water partition coefficient (Wildman–Crippen LogP) is 3.82. The average Bonchev–Trinajstić information content (AvgIpc) is 2.55. The molecule has 4 nitrogen and oxygen atoms in total. The summed E-state index contributed by atoms with van der Waals surface area (Å²) in [7, 11) is 1.57. The Labute approximate surface area is 134 Å². The minimum absolute atomic E-state index is 0.204. The number of para-hydroxylation sites is 2. The summed E-state index contributed by atoms with van der Waals surface area (Å²) in [6, 6.07) is 14.9. The lowest BCUT2D eigenvalue weighted by Gasteiger charge is -2.16. The zero-order valence-electron chi connectivity index (χ0n) is 12.8. The highest BCUT2D eigenvalue weighted by atomic mass is 32.2. The van der Waals surface area contributed by atoms with Gasteiger partial charge in [0, 0.05) is 10.6 Å². The lowest BCUT2D eigenvalue weighted by molar-refractivity contribution is -0.122. The first-order valence-corrected chi connectivity index (χ1v) is 8.11. The first-order valence-electron chi connectivity index (χ1n) is 6.88. The van der Waals surface area contributed by atoms with Gasteiger partial charge < -0.3 is 14.8 Å². The highest BCUT2D eigenvalue weighted by Crippen LogP contribution is 2.27. The van der Waals surface area contributed by atoms with Crippen LogP contribution in [0.1, 0.15) is 6.92 Å². The number of benzene rings is 2. The molecule has 2 rings (SSSR count). The number of carbonyl (C=O) groups excluding carboxylic acids is 1. The van der Waals surface area contributed by atoms with E-state index in [1.54, 1.807) is 37.9 Å². The number of anilines is 1. The number of methoxy groups -OCH3 is 1. The Balaban J connectivity index is 2.02. The molecule has 0 heterocycles. The highest BCUT2D eigenvalue weighted by molar-refractivity contribution is 7.98. The number of hydrogen-bond acceptors (Lipinski definition) is 4. The molecule has 0 aliphatic rings. The Morgan fingerprint density at radius 3 is 2.55 bits per heavy atom. The van der Waals surface area contributed by atoms with Crippen LogP contribution in [0, 0.1) is 0 Å². The van der Waals surface area contributed by atoms with Crippen molar-refractivity contribution in [3.05, 3.63) is 48.5 Å². The van der Waals surface area contributed by atoms with Gasteiger partial charge >= 0.3 is 0 Å². The Bertz CT molecular complexity index is 645. The Morgan fingerprint density at radius 1 is 1.14 bits per heavy atom. The normalized spacial score (nSPS) is 11.6. The molecule has 0 unspecified atom stereocenters. The molecule has 0 aliphatic carbocycles. The van der Waals surface area contributed by atoms with E-state index >= 15 is 0 Å². The van der Waals surface area contributed by atoms with E-state index in [0.29, 0.717) is 11.5 Å². The molecule has 1 N–H and O–H groups in total. The van der Waals surface area contributed by atoms with E-state index in [1.807, 2.05) is 42.7 Å². The summed E-state index contributed by atoms with van der Waals surface area (Å²) in [6.07, 6.45) is 1.36. The SMILES string of the molecule is COc1ccccc1O[C@H](C)C(=O)Nc1cccc(SC)c1.